The summed E-state index contributed by atoms with van der Waals surface area (Å²) in [6, 6.07) is 29.0. The fourth-order valence-electron chi connectivity index (χ4n) is 5.40. The van der Waals surface area contributed by atoms with Crippen LogP contribution in [0.15, 0.2) is 91.0 Å². The van der Waals surface area contributed by atoms with Gasteiger partial charge in [0.05, 0.1) is 14.2 Å². The molecule has 0 saturated heterocycles. The van der Waals surface area contributed by atoms with Crippen LogP contribution < -0.4 is 14.2 Å². The first-order chi connectivity index (χ1) is 21.9. The van der Waals surface area contributed by atoms with E-state index in [-0.39, 0.29) is 5.91 Å². The number of aryl methyl sites for hydroxylation is 1. The normalized spacial score (nSPS) is 10.7. The molecule has 0 heterocycles. The van der Waals surface area contributed by atoms with Gasteiger partial charge in [-0.05, 0) is 72.4 Å². The molecule has 7 nitrogen and oxygen atoms in total. The molecule has 1 N–H and O–H groups in total. The van der Waals surface area contributed by atoms with Crippen molar-refractivity contribution in [3.05, 3.63) is 102 Å². The summed E-state index contributed by atoms with van der Waals surface area (Å²) in [4.78, 5) is 27.1. The zero-order chi connectivity index (χ0) is 32.0. The van der Waals surface area contributed by atoms with Gasteiger partial charge in [0.1, 0.15) is 17.2 Å². The first-order valence-electron chi connectivity index (χ1n) is 15.5. The number of methoxy groups -OCH3 is 2. The molecule has 4 aromatic carbocycles. The summed E-state index contributed by atoms with van der Waals surface area (Å²) < 4.78 is 16.8. The van der Waals surface area contributed by atoms with Crippen molar-refractivity contribution in [3.63, 3.8) is 0 Å². The largest absolute Gasteiger partial charge is 0.497 e. The van der Waals surface area contributed by atoms with Gasteiger partial charge in [-0.1, -0.05) is 80.3 Å². The molecule has 0 saturated carbocycles. The molecule has 4 rings (SSSR count). The number of carboxylic acids is 1. The predicted molar refractivity (Wildman–Crippen MR) is 178 cm³/mol. The molecule has 0 spiro atoms. The molecule has 0 bridgehead atoms. The van der Waals surface area contributed by atoms with Crippen LogP contribution in [0.4, 0.5) is 0 Å². The van der Waals surface area contributed by atoms with Crippen molar-refractivity contribution in [2.24, 2.45) is 0 Å². The second kappa shape index (κ2) is 16.9. The minimum atomic E-state index is -1.10. The van der Waals surface area contributed by atoms with Gasteiger partial charge in [-0.15, -0.1) is 0 Å². The van der Waals surface area contributed by atoms with Crippen molar-refractivity contribution in [2.75, 3.05) is 34.4 Å². The summed E-state index contributed by atoms with van der Waals surface area (Å²) in [6.45, 7) is 0.108. The van der Waals surface area contributed by atoms with E-state index in [1.165, 1.54) is 24.8 Å². The number of carbonyl (C=O) groups excluding carboxylic acids is 1. The van der Waals surface area contributed by atoms with Crippen LogP contribution >= 0.6 is 0 Å². The number of hydrogen-bond acceptors (Lipinski definition) is 5. The van der Waals surface area contributed by atoms with Gasteiger partial charge >= 0.3 is 5.97 Å². The van der Waals surface area contributed by atoms with Crippen LogP contribution in [0.1, 0.15) is 54.4 Å². The van der Waals surface area contributed by atoms with Gasteiger partial charge in [0, 0.05) is 30.3 Å². The summed E-state index contributed by atoms with van der Waals surface area (Å²) >= 11 is 0. The number of rotatable bonds is 17. The Morgan fingerprint density at radius 3 is 1.80 bits per heavy atom. The number of hydrogen-bond donors (Lipinski definition) is 1. The number of carboxylic acid groups (broad SMARTS) is 1. The minimum absolute atomic E-state index is 0.115. The van der Waals surface area contributed by atoms with Crippen LogP contribution in [0.2, 0.25) is 0 Å². The van der Waals surface area contributed by atoms with Crippen molar-refractivity contribution in [1.29, 1.82) is 0 Å². The van der Waals surface area contributed by atoms with Crippen molar-refractivity contribution >= 4 is 11.9 Å². The molecule has 0 unspecified atom stereocenters. The van der Waals surface area contributed by atoms with Gasteiger partial charge in [0.2, 0.25) is 0 Å². The average Bonchev–Trinajstić information content (AvgIpc) is 3.08. The van der Waals surface area contributed by atoms with Crippen LogP contribution in [0.5, 0.6) is 17.2 Å². The smallest absolute Gasteiger partial charge is 0.341 e. The first-order valence-corrected chi connectivity index (χ1v) is 15.5. The number of ether oxygens (including phenoxy) is 3. The average molecular weight is 610 g/mol. The molecule has 1 amide bonds. The van der Waals surface area contributed by atoms with Gasteiger partial charge in [-0.2, -0.15) is 0 Å². The number of carbonyl (C=O) groups is 2. The first kappa shape index (κ1) is 33.1. The quantitative estimate of drug-likeness (QED) is 0.122. The molecule has 0 atom stereocenters. The molecule has 0 aliphatic carbocycles. The molecule has 0 fully saturated rings. The highest BCUT2D eigenvalue weighted by Gasteiger charge is 2.22. The standard InChI is InChI=1S/C38H43NO6/c1-39(22-12-7-5-4-6-9-15-28-16-10-8-11-17-28)38(42)31-25-34(29-18-13-20-32(23-29)43-2)37(45-27-36(40)41)35(26-31)30-19-14-21-33(24-30)44-3/h8,10-11,13-14,16-21,23-26H,4-7,9,12,15,22,27H2,1-3H3,(H,40,41). The van der Waals surface area contributed by atoms with E-state index in [0.29, 0.717) is 40.5 Å². The number of benzene rings is 4. The molecule has 0 aromatic heterocycles. The van der Waals surface area contributed by atoms with Crippen LogP contribution in [0.3, 0.4) is 0 Å². The lowest BCUT2D eigenvalue weighted by Gasteiger charge is -2.21. The Bertz CT molecular complexity index is 1480. The van der Waals surface area contributed by atoms with Crippen molar-refractivity contribution in [2.45, 2.75) is 44.9 Å². The Labute approximate surface area is 266 Å². The van der Waals surface area contributed by atoms with E-state index in [2.05, 4.69) is 30.3 Å². The van der Waals surface area contributed by atoms with Gasteiger partial charge in [-0.3, -0.25) is 4.79 Å². The predicted octanol–water partition coefficient (Wildman–Crippen LogP) is 8.16. The van der Waals surface area contributed by atoms with Crippen LogP contribution in [-0.2, 0) is 11.2 Å². The Morgan fingerprint density at radius 1 is 0.689 bits per heavy atom. The fourth-order valence-corrected chi connectivity index (χ4v) is 5.40. The molecule has 4 aromatic rings. The molecule has 0 radical (unpaired) electrons. The van der Waals surface area contributed by atoms with E-state index < -0.39 is 12.6 Å². The van der Waals surface area contributed by atoms with E-state index in [9.17, 15) is 14.7 Å². The lowest BCUT2D eigenvalue weighted by molar-refractivity contribution is -0.139. The fraction of sp³-hybridized carbons (Fsp3) is 0.316. The highest BCUT2D eigenvalue weighted by molar-refractivity contribution is 5.99. The third kappa shape index (κ3) is 9.60. The maximum Gasteiger partial charge on any atom is 0.341 e. The molecule has 7 heteroatoms. The Balaban J connectivity index is 1.52. The maximum absolute atomic E-state index is 13.8. The number of nitrogens with zero attached hydrogens (tertiary/aromatic N) is 1. The van der Waals surface area contributed by atoms with Crippen molar-refractivity contribution < 1.29 is 28.9 Å². The van der Waals surface area contributed by atoms with E-state index in [1.807, 2.05) is 55.6 Å². The molecule has 0 aliphatic heterocycles. The maximum atomic E-state index is 13.8. The summed E-state index contributed by atoms with van der Waals surface area (Å²) in [6.07, 6.45) is 7.84. The monoisotopic (exact) mass is 609 g/mol. The zero-order valence-corrected chi connectivity index (χ0v) is 26.5. The van der Waals surface area contributed by atoms with Crippen molar-refractivity contribution in [1.82, 2.24) is 4.90 Å². The lowest BCUT2D eigenvalue weighted by Crippen LogP contribution is -2.28. The van der Waals surface area contributed by atoms with Gasteiger partial charge in [0.25, 0.3) is 5.91 Å². The summed E-state index contributed by atoms with van der Waals surface area (Å²) in [7, 11) is 5.00. The number of unbranched alkanes of at least 4 members (excludes halogenated alkanes) is 5. The van der Waals surface area contributed by atoms with Crippen LogP contribution in [-0.4, -0.2) is 56.3 Å². The van der Waals surface area contributed by atoms with Gasteiger partial charge < -0.3 is 24.2 Å². The summed E-state index contributed by atoms with van der Waals surface area (Å²) in [5.74, 6) is 0.419. The second-order valence-corrected chi connectivity index (χ2v) is 11.1. The van der Waals surface area contributed by atoms with E-state index in [4.69, 9.17) is 14.2 Å². The second-order valence-electron chi connectivity index (χ2n) is 11.1. The SMILES string of the molecule is COc1cccc(-c2cc(C(=O)N(C)CCCCCCCCc3ccccc3)cc(-c3cccc(OC)c3)c2OCC(=O)O)c1. The van der Waals surface area contributed by atoms with E-state index in [0.717, 1.165) is 36.8 Å². The van der Waals surface area contributed by atoms with Crippen molar-refractivity contribution in [3.8, 4) is 39.5 Å². The van der Waals surface area contributed by atoms with Crippen LogP contribution in [0, 0.1) is 0 Å². The van der Waals surface area contributed by atoms with E-state index in [1.54, 1.807) is 31.3 Å². The molecule has 45 heavy (non-hydrogen) atoms. The molecular formula is C38H43NO6. The Hall–Kier alpha value is -4.78. The topological polar surface area (TPSA) is 85.3 Å². The number of amides is 1. The van der Waals surface area contributed by atoms with E-state index >= 15 is 0 Å². The zero-order valence-electron chi connectivity index (χ0n) is 26.5. The Morgan fingerprint density at radius 2 is 1.24 bits per heavy atom. The lowest BCUT2D eigenvalue weighted by atomic mass is 9.93. The summed E-state index contributed by atoms with van der Waals surface area (Å²) in [5, 5.41) is 9.46. The third-order valence-electron chi connectivity index (χ3n) is 7.84. The van der Waals surface area contributed by atoms with Gasteiger partial charge in [0.15, 0.2) is 6.61 Å². The number of aliphatic carboxylic acids is 1. The third-order valence-corrected chi connectivity index (χ3v) is 7.84. The van der Waals surface area contributed by atoms with Gasteiger partial charge in [-0.25, -0.2) is 4.79 Å². The summed E-state index contributed by atoms with van der Waals surface area (Å²) in [5.41, 5.74) is 4.55. The Kier molecular flexibility index (Phi) is 12.4. The molecule has 0 aliphatic rings. The highest BCUT2D eigenvalue weighted by Crippen LogP contribution is 2.42. The molecule has 236 valence electrons. The minimum Gasteiger partial charge on any atom is -0.497 e. The van der Waals surface area contributed by atoms with Crippen LogP contribution in [0.25, 0.3) is 22.3 Å². The highest BCUT2D eigenvalue weighted by atomic mass is 16.5. The molecular weight excluding hydrogens is 566 g/mol.